The van der Waals surface area contributed by atoms with Crippen molar-refractivity contribution in [2.24, 2.45) is 11.7 Å². The summed E-state index contributed by atoms with van der Waals surface area (Å²) in [5.41, 5.74) is 8.92. The van der Waals surface area contributed by atoms with Crippen molar-refractivity contribution in [2.45, 2.75) is 64.5 Å². The van der Waals surface area contributed by atoms with E-state index in [1.54, 1.807) is 0 Å². The molecule has 3 N–H and O–H groups in total. The van der Waals surface area contributed by atoms with Gasteiger partial charge in [-0.25, -0.2) is 0 Å². The molecule has 1 aromatic rings. The fourth-order valence-corrected chi connectivity index (χ4v) is 2.85. The second-order valence-corrected chi connectivity index (χ2v) is 7.12. The molecule has 0 aromatic heterocycles. The lowest BCUT2D eigenvalue weighted by molar-refractivity contribution is 0.310. The first-order chi connectivity index (χ1) is 8.86. The number of benzene rings is 1. The molecule has 19 heavy (non-hydrogen) atoms. The minimum Gasteiger partial charge on any atom is -0.382 e. The molecule has 3 atom stereocenters. The van der Waals surface area contributed by atoms with E-state index in [9.17, 15) is 0 Å². The summed E-state index contributed by atoms with van der Waals surface area (Å²) in [5.74, 6) is 0.625. The van der Waals surface area contributed by atoms with Crippen LogP contribution < -0.4 is 11.1 Å². The van der Waals surface area contributed by atoms with Gasteiger partial charge >= 0.3 is 0 Å². The molecule has 0 radical (unpaired) electrons. The third-order valence-corrected chi connectivity index (χ3v) is 4.36. The van der Waals surface area contributed by atoms with Crippen LogP contribution >= 0.6 is 0 Å². The van der Waals surface area contributed by atoms with Crippen LogP contribution in [-0.4, -0.2) is 12.1 Å². The quantitative estimate of drug-likeness (QED) is 0.846. The van der Waals surface area contributed by atoms with E-state index in [4.69, 9.17) is 5.73 Å². The van der Waals surface area contributed by atoms with Crippen molar-refractivity contribution < 1.29 is 0 Å². The predicted molar refractivity (Wildman–Crippen MR) is 83.5 cm³/mol. The lowest BCUT2D eigenvalue weighted by Gasteiger charge is -2.33. The van der Waals surface area contributed by atoms with Crippen molar-refractivity contribution >= 4 is 5.69 Å². The maximum atomic E-state index is 6.07. The lowest BCUT2D eigenvalue weighted by atomic mass is 9.83. The third kappa shape index (κ3) is 3.73. The van der Waals surface area contributed by atoms with Gasteiger partial charge in [-0.3, -0.25) is 0 Å². The second-order valence-electron chi connectivity index (χ2n) is 7.12. The van der Waals surface area contributed by atoms with Crippen LogP contribution in [-0.2, 0) is 5.41 Å². The molecule has 1 fully saturated rings. The van der Waals surface area contributed by atoms with Gasteiger partial charge in [-0.05, 0) is 48.3 Å². The highest BCUT2D eigenvalue weighted by Gasteiger charge is 2.24. The van der Waals surface area contributed by atoms with E-state index in [2.05, 4.69) is 57.3 Å². The van der Waals surface area contributed by atoms with Gasteiger partial charge in [-0.15, -0.1) is 0 Å². The summed E-state index contributed by atoms with van der Waals surface area (Å²) in [7, 11) is 0. The van der Waals surface area contributed by atoms with Crippen molar-refractivity contribution in [2.75, 3.05) is 5.32 Å². The highest BCUT2D eigenvalue weighted by Crippen LogP contribution is 2.27. The van der Waals surface area contributed by atoms with Gasteiger partial charge in [0, 0.05) is 17.8 Å². The molecule has 0 bridgehead atoms. The number of hydrogen-bond donors (Lipinski definition) is 2. The Morgan fingerprint density at radius 2 is 1.74 bits per heavy atom. The second kappa shape index (κ2) is 5.54. The Bertz CT molecular complexity index is 402. The Morgan fingerprint density at radius 3 is 2.26 bits per heavy atom. The largest absolute Gasteiger partial charge is 0.382 e. The number of nitrogens with one attached hydrogen (secondary N) is 1. The summed E-state index contributed by atoms with van der Waals surface area (Å²) >= 11 is 0. The summed E-state index contributed by atoms with van der Waals surface area (Å²) in [4.78, 5) is 0. The Morgan fingerprint density at radius 1 is 1.11 bits per heavy atom. The Kier molecular flexibility index (Phi) is 4.19. The van der Waals surface area contributed by atoms with Crippen molar-refractivity contribution in [3.8, 4) is 0 Å². The molecule has 0 heterocycles. The van der Waals surface area contributed by atoms with Crippen LogP contribution in [0, 0.1) is 5.92 Å². The SMILES string of the molecule is CC1CC(Nc2ccc(C(C)(C)C)cc2)CCC1N. The van der Waals surface area contributed by atoms with Gasteiger partial charge in [0.25, 0.3) is 0 Å². The minimum absolute atomic E-state index is 0.227. The van der Waals surface area contributed by atoms with Gasteiger partial charge < -0.3 is 11.1 Å². The molecule has 0 aliphatic heterocycles. The fraction of sp³-hybridized carbons (Fsp3) is 0.647. The van der Waals surface area contributed by atoms with Crippen molar-refractivity contribution in [1.29, 1.82) is 0 Å². The minimum atomic E-state index is 0.227. The van der Waals surface area contributed by atoms with Gasteiger partial charge in [0.15, 0.2) is 0 Å². The van der Waals surface area contributed by atoms with E-state index in [1.165, 1.54) is 24.1 Å². The van der Waals surface area contributed by atoms with E-state index in [1.807, 2.05) is 0 Å². The number of anilines is 1. The Balaban J connectivity index is 1.97. The predicted octanol–water partition coefficient (Wildman–Crippen LogP) is 3.91. The van der Waals surface area contributed by atoms with E-state index in [-0.39, 0.29) is 5.41 Å². The van der Waals surface area contributed by atoms with Crippen molar-refractivity contribution in [1.82, 2.24) is 0 Å². The normalized spacial score (nSPS) is 28.2. The van der Waals surface area contributed by atoms with Crippen LogP contribution in [0.2, 0.25) is 0 Å². The molecule has 2 nitrogen and oxygen atoms in total. The van der Waals surface area contributed by atoms with Crippen LogP contribution in [0.4, 0.5) is 5.69 Å². The smallest absolute Gasteiger partial charge is 0.0342 e. The molecule has 1 aliphatic rings. The summed E-state index contributed by atoms with van der Waals surface area (Å²) < 4.78 is 0. The fourth-order valence-electron chi connectivity index (χ4n) is 2.85. The highest BCUT2D eigenvalue weighted by molar-refractivity contribution is 5.46. The molecule has 0 spiro atoms. The molecule has 1 aromatic carbocycles. The molecule has 3 unspecified atom stereocenters. The van der Waals surface area contributed by atoms with Crippen LogP contribution in [0.1, 0.15) is 52.5 Å². The Hall–Kier alpha value is -1.02. The van der Waals surface area contributed by atoms with Gasteiger partial charge in [-0.2, -0.15) is 0 Å². The molecule has 2 heteroatoms. The van der Waals surface area contributed by atoms with Gasteiger partial charge in [0.05, 0.1) is 0 Å². The average molecular weight is 260 g/mol. The van der Waals surface area contributed by atoms with Crippen molar-refractivity contribution in [3.63, 3.8) is 0 Å². The van der Waals surface area contributed by atoms with Crippen LogP contribution in [0.5, 0.6) is 0 Å². The number of nitrogens with two attached hydrogens (primary N) is 1. The summed E-state index contributed by atoms with van der Waals surface area (Å²) in [6, 6.07) is 9.86. The van der Waals surface area contributed by atoms with E-state index in [0.717, 1.165) is 6.42 Å². The molecule has 0 saturated heterocycles. The number of hydrogen-bond acceptors (Lipinski definition) is 2. The average Bonchev–Trinajstić information content (AvgIpc) is 2.33. The van der Waals surface area contributed by atoms with Gasteiger partial charge in [0.1, 0.15) is 0 Å². The molecular weight excluding hydrogens is 232 g/mol. The molecule has 0 amide bonds. The van der Waals surface area contributed by atoms with E-state index in [0.29, 0.717) is 18.0 Å². The molecule has 1 saturated carbocycles. The standard InChI is InChI=1S/C17H28N2/c1-12-11-15(9-10-16(12)18)19-14-7-5-13(6-8-14)17(2,3)4/h5-8,12,15-16,19H,9-11,18H2,1-4H3. The topological polar surface area (TPSA) is 38.0 Å². The maximum absolute atomic E-state index is 6.07. The number of rotatable bonds is 2. The zero-order valence-corrected chi connectivity index (χ0v) is 12.7. The van der Waals surface area contributed by atoms with Crippen LogP contribution in [0.25, 0.3) is 0 Å². The lowest BCUT2D eigenvalue weighted by Crippen LogP contribution is -2.39. The van der Waals surface area contributed by atoms with E-state index < -0.39 is 0 Å². The summed E-state index contributed by atoms with van der Waals surface area (Å²) in [6.45, 7) is 9.01. The van der Waals surface area contributed by atoms with Gasteiger partial charge in [0.2, 0.25) is 0 Å². The zero-order valence-electron chi connectivity index (χ0n) is 12.7. The molecule has 2 rings (SSSR count). The van der Waals surface area contributed by atoms with Crippen LogP contribution in [0.3, 0.4) is 0 Å². The first-order valence-corrected chi connectivity index (χ1v) is 7.49. The monoisotopic (exact) mass is 260 g/mol. The Labute approximate surface area is 117 Å². The first-order valence-electron chi connectivity index (χ1n) is 7.49. The van der Waals surface area contributed by atoms with Gasteiger partial charge in [-0.1, -0.05) is 39.8 Å². The third-order valence-electron chi connectivity index (χ3n) is 4.36. The zero-order chi connectivity index (χ0) is 14.0. The summed E-state index contributed by atoms with van der Waals surface area (Å²) in [6.07, 6.45) is 3.51. The molecule has 106 valence electrons. The first kappa shape index (κ1) is 14.4. The summed E-state index contributed by atoms with van der Waals surface area (Å²) in [5, 5.41) is 3.65. The van der Waals surface area contributed by atoms with Crippen molar-refractivity contribution in [3.05, 3.63) is 29.8 Å². The highest BCUT2D eigenvalue weighted by atomic mass is 14.9. The van der Waals surface area contributed by atoms with Crippen LogP contribution in [0.15, 0.2) is 24.3 Å². The van der Waals surface area contributed by atoms with E-state index >= 15 is 0 Å². The molecular formula is C17H28N2. The molecule has 1 aliphatic carbocycles. The maximum Gasteiger partial charge on any atom is 0.0342 e.